The first-order valence-corrected chi connectivity index (χ1v) is 11.6. The molecule has 0 aliphatic carbocycles. The van der Waals surface area contributed by atoms with Crippen LogP contribution in [0.5, 0.6) is 0 Å². The molecular formula is C21H24ClFN3O3P. The molecule has 160 valence electrons. The fraction of sp³-hybridized carbons (Fsp3) is 0.238. The third-order valence-electron chi connectivity index (χ3n) is 4.59. The van der Waals surface area contributed by atoms with E-state index in [0.29, 0.717) is 22.2 Å². The number of nitrogens with two attached hydrogens (primary N) is 1. The van der Waals surface area contributed by atoms with Crippen molar-refractivity contribution in [2.45, 2.75) is 6.54 Å². The molecule has 1 aromatic heterocycles. The van der Waals surface area contributed by atoms with Crippen LogP contribution in [-0.4, -0.2) is 42.5 Å². The topological polar surface area (TPSA) is 87.2 Å². The van der Waals surface area contributed by atoms with Gasteiger partial charge in [-0.3, -0.25) is 0 Å². The van der Waals surface area contributed by atoms with Gasteiger partial charge in [0.2, 0.25) is 0 Å². The molecule has 0 bridgehead atoms. The summed E-state index contributed by atoms with van der Waals surface area (Å²) in [6.45, 7) is 3.46. The number of carbonyl (C=O) groups excluding carboxylic acids is 1. The van der Waals surface area contributed by atoms with Gasteiger partial charge in [-0.15, -0.1) is 12.4 Å². The molecule has 6 nitrogen and oxygen atoms in total. The molecule has 0 fully saturated rings. The Bertz CT molecular complexity index is 1150. The first-order valence-electron chi connectivity index (χ1n) is 9.02. The molecule has 3 rings (SSSR count). The lowest BCUT2D eigenvalue weighted by molar-refractivity contribution is 0.0601. The molecule has 0 aliphatic heterocycles. The van der Waals surface area contributed by atoms with Gasteiger partial charge < -0.3 is 19.6 Å². The molecule has 0 saturated heterocycles. The van der Waals surface area contributed by atoms with E-state index in [1.54, 1.807) is 30.0 Å². The Labute approximate surface area is 180 Å². The molecule has 0 radical (unpaired) electrons. The predicted molar refractivity (Wildman–Crippen MR) is 121 cm³/mol. The van der Waals surface area contributed by atoms with Crippen molar-refractivity contribution < 1.29 is 18.5 Å². The average Bonchev–Trinajstić information content (AvgIpc) is 3.09. The van der Waals surface area contributed by atoms with Gasteiger partial charge in [-0.1, -0.05) is 18.2 Å². The number of imidazole rings is 1. The van der Waals surface area contributed by atoms with Crippen LogP contribution in [0.1, 0.15) is 10.4 Å². The van der Waals surface area contributed by atoms with Gasteiger partial charge in [-0.2, -0.15) is 0 Å². The number of fused-ring (bicyclic) bond motifs is 1. The maximum Gasteiger partial charge on any atom is 0.337 e. The molecule has 0 saturated carbocycles. The van der Waals surface area contributed by atoms with Gasteiger partial charge in [-0.05, 0) is 43.2 Å². The van der Waals surface area contributed by atoms with Crippen molar-refractivity contribution >= 4 is 41.9 Å². The molecular weight excluding hydrogens is 428 g/mol. The molecule has 0 atom stereocenters. The Hall–Kier alpha value is -2.47. The first-order chi connectivity index (χ1) is 13.7. The number of carbonyl (C=O) groups is 1. The fourth-order valence-corrected chi connectivity index (χ4v) is 4.00. The second-order valence-corrected chi connectivity index (χ2v) is 10.3. The van der Waals surface area contributed by atoms with Crippen LogP contribution in [0.25, 0.3) is 22.2 Å². The molecule has 0 unspecified atom stereocenters. The van der Waals surface area contributed by atoms with Crippen molar-refractivity contribution in [2.24, 2.45) is 5.73 Å². The average molecular weight is 452 g/mol. The summed E-state index contributed by atoms with van der Waals surface area (Å²) in [7, 11) is -1.17. The van der Waals surface area contributed by atoms with E-state index in [4.69, 9.17) is 10.5 Å². The zero-order chi connectivity index (χ0) is 21.2. The molecule has 1 heterocycles. The highest BCUT2D eigenvalue weighted by Crippen LogP contribution is 2.37. The summed E-state index contributed by atoms with van der Waals surface area (Å²) in [5.41, 5.74) is 8.34. The number of esters is 1. The quantitative estimate of drug-likeness (QED) is 0.452. The Morgan fingerprint density at radius 1 is 1.30 bits per heavy atom. The summed E-state index contributed by atoms with van der Waals surface area (Å²) >= 11 is 0. The monoisotopic (exact) mass is 451 g/mol. The summed E-state index contributed by atoms with van der Waals surface area (Å²) < 4.78 is 33.0. The maximum atomic E-state index is 14.0. The Morgan fingerprint density at radius 3 is 2.67 bits per heavy atom. The maximum absolute atomic E-state index is 14.0. The second-order valence-electron chi connectivity index (χ2n) is 7.04. The van der Waals surface area contributed by atoms with Crippen molar-refractivity contribution in [1.29, 1.82) is 0 Å². The summed E-state index contributed by atoms with van der Waals surface area (Å²) in [5, 5.41) is 0.725. The van der Waals surface area contributed by atoms with E-state index in [1.165, 1.54) is 19.5 Å². The molecule has 3 aromatic rings. The van der Waals surface area contributed by atoms with Crippen LogP contribution in [0.2, 0.25) is 0 Å². The van der Waals surface area contributed by atoms with Crippen molar-refractivity contribution in [1.82, 2.24) is 9.55 Å². The number of methoxy groups -OCH3 is 1. The van der Waals surface area contributed by atoms with Crippen molar-refractivity contribution in [3.63, 3.8) is 0 Å². The highest BCUT2D eigenvalue weighted by Gasteiger charge is 2.18. The van der Waals surface area contributed by atoms with Gasteiger partial charge in [0, 0.05) is 17.4 Å². The van der Waals surface area contributed by atoms with Crippen LogP contribution in [0.3, 0.4) is 0 Å². The third kappa shape index (κ3) is 4.98. The van der Waals surface area contributed by atoms with Crippen LogP contribution in [0.4, 0.5) is 4.39 Å². The molecule has 2 N–H and O–H groups in total. The van der Waals surface area contributed by atoms with E-state index in [0.717, 1.165) is 10.9 Å². The van der Waals surface area contributed by atoms with Crippen LogP contribution < -0.4 is 11.0 Å². The van der Waals surface area contributed by atoms with E-state index in [-0.39, 0.29) is 25.5 Å². The lowest BCUT2D eigenvalue weighted by Gasteiger charge is -2.12. The second kappa shape index (κ2) is 9.56. The van der Waals surface area contributed by atoms with Gasteiger partial charge in [0.05, 0.1) is 36.6 Å². The SMILES string of the molecule is COC(=O)c1cc(-c2cccc(P(C)(C)=O)c2)c2ncn(CC(F)=CCN)c2c1.Cl. The minimum atomic E-state index is -2.47. The Balaban J connectivity index is 0.00000320. The van der Waals surface area contributed by atoms with E-state index < -0.39 is 18.9 Å². The van der Waals surface area contributed by atoms with Crippen molar-refractivity contribution in [3.8, 4) is 11.1 Å². The van der Waals surface area contributed by atoms with Gasteiger partial charge in [0.15, 0.2) is 0 Å². The van der Waals surface area contributed by atoms with Crippen LogP contribution >= 0.6 is 19.5 Å². The summed E-state index contributed by atoms with van der Waals surface area (Å²) in [4.78, 5) is 16.7. The van der Waals surface area contributed by atoms with E-state index in [9.17, 15) is 13.8 Å². The highest BCUT2D eigenvalue weighted by atomic mass is 35.5. The fourth-order valence-electron chi connectivity index (χ4n) is 3.11. The smallest absolute Gasteiger partial charge is 0.337 e. The Morgan fingerprint density at radius 2 is 2.03 bits per heavy atom. The number of rotatable bonds is 6. The lowest BCUT2D eigenvalue weighted by atomic mass is 10.0. The number of benzene rings is 2. The van der Waals surface area contributed by atoms with Gasteiger partial charge in [0.1, 0.15) is 13.0 Å². The molecule has 0 amide bonds. The van der Waals surface area contributed by atoms with Gasteiger partial charge in [0.25, 0.3) is 0 Å². The standard InChI is InChI=1S/C21H23FN3O3P.ClH/c1-28-21(26)15-10-18(14-5-4-6-17(9-14)29(2,3)27)20-19(11-15)25(13-24-20)12-16(22)7-8-23;/h4-7,9-11,13H,8,12,23H2,1-3H3;1H. The summed E-state index contributed by atoms with van der Waals surface area (Å²) in [6, 6.07) is 10.7. The minimum absolute atomic E-state index is 0. The molecule has 30 heavy (non-hydrogen) atoms. The normalized spacial score (nSPS) is 12.0. The lowest BCUT2D eigenvalue weighted by Crippen LogP contribution is -2.05. The molecule has 9 heteroatoms. The number of hydrogen-bond donors (Lipinski definition) is 1. The van der Waals surface area contributed by atoms with Crippen LogP contribution in [-0.2, 0) is 15.8 Å². The number of nitrogens with zero attached hydrogens (tertiary/aromatic N) is 2. The van der Waals surface area contributed by atoms with E-state index in [2.05, 4.69) is 4.98 Å². The summed E-state index contributed by atoms with van der Waals surface area (Å²) in [5.74, 6) is -0.900. The van der Waals surface area contributed by atoms with Crippen molar-refractivity contribution in [2.75, 3.05) is 27.0 Å². The number of ether oxygens (including phenoxy) is 1. The van der Waals surface area contributed by atoms with Gasteiger partial charge >= 0.3 is 5.97 Å². The molecule has 0 spiro atoms. The molecule has 2 aromatic carbocycles. The van der Waals surface area contributed by atoms with Crippen LogP contribution in [0.15, 0.2) is 54.6 Å². The summed E-state index contributed by atoms with van der Waals surface area (Å²) in [6.07, 6.45) is 2.81. The largest absolute Gasteiger partial charge is 0.465 e. The number of hydrogen-bond acceptors (Lipinski definition) is 5. The Kier molecular flexibility index (Phi) is 7.59. The highest BCUT2D eigenvalue weighted by molar-refractivity contribution is 7.70. The van der Waals surface area contributed by atoms with Gasteiger partial charge in [-0.25, -0.2) is 14.2 Å². The van der Waals surface area contributed by atoms with Crippen molar-refractivity contribution in [3.05, 3.63) is 60.2 Å². The zero-order valence-corrected chi connectivity index (χ0v) is 18.7. The zero-order valence-electron chi connectivity index (χ0n) is 17.0. The van der Waals surface area contributed by atoms with Crippen LogP contribution in [0, 0.1) is 0 Å². The number of halogens is 2. The third-order valence-corrected chi connectivity index (χ3v) is 6.11. The van der Waals surface area contributed by atoms with E-state index in [1.807, 2.05) is 24.3 Å². The first kappa shape index (κ1) is 23.8. The minimum Gasteiger partial charge on any atom is -0.465 e. The number of aromatic nitrogens is 2. The van der Waals surface area contributed by atoms with E-state index >= 15 is 0 Å². The molecule has 0 aliphatic rings. The predicted octanol–water partition coefficient (Wildman–Crippen LogP) is 3.97. The number of allylic oxidation sites excluding steroid dienone is 1.